The van der Waals surface area contributed by atoms with E-state index in [0.29, 0.717) is 18.8 Å². The minimum absolute atomic E-state index is 0.191. The second-order valence-electron chi connectivity index (χ2n) is 5.41. The Morgan fingerprint density at radius 1 is 1.63 bits per heavy atom. The molecule has 3 rings (SSSR count). The molecule has 5 nitrogen and oxygen atoms in total. The fourth-order valence-electron chi connectivity index (χ4n) is 3.56. The van der Waals surface area contributed by atoms with Gasteiger partial charge in [-0.15, -0.1) is 0 Å². The molecule has 2 fully saturated rings. The molecule has 0 bridgehead atoms. The molecular weight excluding hydrogens is 242 g/mol. The Morgan fingerprint density at radius 3 is 3.16 bits per heavy atom. The van der Waals surface area contributed by atoms with Gasteiger partial charge in [0.05, 0.1) is 11.1 Å². The molecule has 2 heterocycles. The van der Waals surface area contributed by atoms with Crippen LogP contribution in [0.1, 0.15) is 25.0 Å². The molecule has 1 aliphatic carbocycles. The quantitative estimate of drug-likeness (QED) is 0.871. The second-order valence-corrected chi connectivity index (χ2v) is 5.41. The lowest BCUT2D eigenvalue weighted by atomic mass is 9.81. The van der Waals surface area contributed by atoms with Gasteiger partial charge in [0.1, 0.15) is 6.07 Å². The summed E-state index contributed by atoms with van der Waals surface area (Å²) >= 11 is 0. The van der Waals surface area contributed by atoms with E-state index < -0.39 is 11.4 Å². The molecule has 0 spiro atoms. The molecule has 1 aromatic rings. The molecule has 1 N–H and O–H groups in total. The lowest BCUT2D eigenvalue weighted by Crippen LogP contribution is -2.35. The molecular formula is C14H15N3O2. The number of hydrogen-bond donors (Lipinski definition) is 1. The van der Waals surface area contributed by atoms with Gasteiger partial charge in [0, 0.05) is 19.3 Å². The van der Waals surface area contributed by atoms with Crippen LogP contribution < -0.4 is 4.90 Å². The second kappa shape index (κ2) is 4.23. The van der Waals surface area contributed by atoms with E-state index in [1.54, 1.807) is 12.3 Å². The molecule has 0 amide bonds. The summed E-state index contributed by atoms with van der Waals surface area (Å²) in [7, 11) is 0. The van der Waals surface area contributed by atoms with E-state index in [1.807, 2.05) is 11.0 Å². The first-order valence-corrected chi connectivity index (χ1v) is 6.51. The van der Waals surface area contributed by atoms with Gasteiger partial charge in [-0.1, -0.05) is 6.42 Å². The third kappa shape index (κ3) is 1.67. The minimum atomic E-state index is -0.695. The molecule has 5 heteroatoms. The maximum Gasteiger partial charge on any atom is 0.311 e. The Kier molecular flexibility index (Phi) is 2.67. The lowest BCUT2D eigenvalue weighted by Gasteiger charge is -2.24. The summed E-state index contributed by atoms with van der Waals surface area (Å²) in [6, 6.07) is 5.72. The fourth-order valence-corrected chi connectivity index (χ4v) is 3.56. The summed E-state index contributed by atoms with van der Waals surface area (Å²) in [6.07, 6.45) is 4.28. The fraction of sp³-hybridized carbons (Fsp3) is 0.500. The molecule has 1 aromatic heterocycles. The Labute approximate surface area is 111 Å². The van der Waals surface area contributed by atoms with E-state index in [1.165, 1.54) is 0 Å². The Hall–Kier alpha value is -2.09. The van der Waals surface area contributed by atoms with Gasteiger partial charge in [-0.25, -0.2) is 4.98 Å². The number of rotatable bonds is 2. The number of aliphatic carboxylic acids is 1. The van der Waals surface area contributed by atoms with Crippen LogP contribution >= 0.6 is 0 Å². The average Bonchev–Trinajstić information content (AvgIpc) is 2.96. The van der Waals surface area contributed by atoms with E-state index in [9.17, 15) is 9.90 Å². The zero-order valence-electron chi connectivity index (χ0n) is 10.5. The first kappa shape index (κ1) is 12.0. The van der Waals surface area contributed by atoms with E-state index in [-0.39, 0.29) is 5.92 Å². The van der Waals surface area contributed by atoms with Gasteiger partial charge in [-0.05, 0) is 30.9 Å². The molecule has 0 radical (unpaired) electrons. The molecule has 1 saturated heterocycles. The van der Waals surface area contributed by atoms with Crippen LogP contribution in [-0.4, -0.2) is 29.1 Å². The number of fused-ring (bicyclic) bond motifs is 1. The van der Waals surface area contributed by atoms with Crippen LogP contribution in [0.5, 0.6) is 0 Å². The first-order chi connectivity index (χ1) is 9.17. The highest BCUT2D eigenvalue weighted by molar-refractivity contribution is 5.78. The van der Waals surface area contributed by atoms with E-state index >= 15 is 0 Å². The summed E-state index contributed by atoms with van der Waals surface area (Å²) in [6.45, 7) is 1.21. The van der Waals surface area contributed by atoms with E-state index in [2.05, 4.69) is 11.1 Å². The Bertz CT molecular complexity index is 566. The van der Waals surface area contributed by atoms with Crippen molar-refractivity contribution in [3.63, 3.8) is 0 Å². The lowest BCUT2D eigenvalue weighted by molar-refractivity contribution is -0.149. The maximum absolute atomic E-state index is 11.6. The highest BCUT2D eigenvalue weighted by Gasteiger charge is 2.55. The van der Waals surface area contributed by atoms with Gasteiger partial charge in [0.2, 0.25) is 0 Å². The number of anilines is 1. The summed E-state index contributed by atoms with van der Waals surface area (Å²) in [5.41, 5.74) is 0.519. The molecule has 0 aromatic carbocycles. The molecule has 2 atom stereocenters. The summed E-state index contributed by atoms with van der Waals surface area (Å²) in [5.74, 6) is -0.503. The maximum atomic E-state index is 11.6. The topological polar surface area (TPSA) is 77.2 Å². The molecule has 19 heavy (non-hydrogen) atoms. The molecule has 0 unspecified atom stereocenters. The van der Waals surface area contributed by atoms with Gasteiger partial charge in [0.15, 0.2) is 5.69 Å². The number of nitrogens with zero attached hydrogens (tertiary/aromatic N) is 3. The van der Waals surface area contributed by atoms with Crippen molar-refractivity contribution in [2.24, 2.45) is 11.3 Å². The van der Waals surface area contributed by atoms with E-state index in [0.717, 1.165) is 24.9 Å². The largest absolute Gasteiger partial charge is 0.481 e. The summed E-state index contributed by atoms with van der Waals surface area (Å²) < 4.78 is 0. The standard InChI is InChI=1S/C14H15N3O2/c15-7-11-12(4-2-6-16-11)17-8-10-3-1-5-14(10,9-17)13(18)19/h2,4,6,10H,1,3,5,8-9H2,(H,18,19)/t10-,14+/m0/s1. The van der Waals surface area contributed by atoms with E-state index in [4.69, 9.17) is 5.26 Å². The number of aromatic nitrogens is 1. The Balaban J connectivity index is 1.94. The highest BCUT2D eigenvalue weighted by atomic mass is 16.4. The van der Waals surface area contributed by atoms with Crippen molar-refractivity contribution in [1.82, 2.24) is 4.98 Å². The van der Waals surface area contributed by atoms with Crippen molar-refractivity contribution in [2.75, 3.05) is 18.0 Å². The number of nitriles is 1. The van der Waals surface area contributed by atoms with Crippen molar-refractivity contribution >= 4 is 11.7 Å². The van der Waals surface area contributed by atoms with Crippen LogP contribution in [0.4, 0.5) is 5.69 Å². The van der Waals surface area contributed by atoms with Crippen LogP contribution in [0.25, 0.3) is 0 Å². The predicted octanol–water partition coefficient (Wildman–Crippen LogP) is 1.64. The number of pyridine rings is 1. The van der Waals surface area contributed by atoms with Gasteiger partial charge < -0.3 is 10.0 Å². The van der Waals surface area contributed by atoms with Gasteiger partial charge in [-0.2, -0.15) is 5.26 Å². The average molecular weight is 257 g/mol. The third-order valence-corrected chi connectivity index (χ3v) is 4.53. The van der Waals surface area contributed by atoms with Crippen LogP contribution in [0, 0.1) is 22.7 Å². The molecule has 1 aliphatic heterocycles. The SMILES string of the molecule is N#Cc1ncccc1N1C[C@@H]2CCC[C@@]2(C(=O)O)C1. The molecule has 1 saturated carbocycles. The van der Waals surface area contributed by atoms with Gasteiger partial charge in [-0.3, -0.25) is 4.79 Å². The zero-order chi connectivity index (χ0) is 13.5. The van der Waals surface area contributed by atoms with Crippen LogP contribution in [-0.2, 0) is 4.79 Å². The third-order valence-electron chi connectivity index (χ3n) is 4.53. The predicted molar refractivity (Wildman–Crippen MR) is 68.6 cm³/mol. The summed E-state index contributed by atoms with van der Waals surface area (Å²) in [5, 5.41) is 18.7. The molecule has 2 aliphatic rings. The summed E-state index contributed by atoms with van der Waals surface area (Å²) in [4.78, 5) is 17.7. The first-order valence-electron chi connectivity index (χ1n) is 6.51. The van der Waals surface area contributed by atoms with Crippen molar-refractivity contribution in [1.29, 1.82) is 5.26 Å². The van der Waals surface area contributed by atoms with Crippen molar-refractivity contribution in [3.8, 4) is 6.07 Å². The number of carboxylic acid groups (broad SMARTS) is 1. The van der Waals surface area contributed by atoms with Gasteiger partial charge >= 0.3 is 5.97 Å². The van der Waals surface area contributed by atoms with Crippen molar-refractivity contribution in [2.45, 2.75) is 19.3 Å². The van der Waals surface area contributed by atoms with Crippen LogP contribution in [0.2, 0.25) is 0 Å². The minimum Gasteiger partial charge on any atom is -0.481 e. The normalized spacial score (nSPS) is 29.0. The monoisotopic (exact) mass is 257 g/mol. The smallest absolute Gasteiger partial charge is 0.311 e. The molecule has 98 valence electrons. The van der Waals surface area contributed by atoms with Gasteiger partial charge in [0.25, 0.3) is 0 Å². The highest BCUT2D eigenvalue weighted by Crippen LogP contribution is 2.50. The zero-order valence-corrected chi connectivity index (χ0v) is 10.5. The Morgan fingerprint density at radius 2 is 2.47 bits per heavy atom. The van der Waals surface area contributed by atoms with Crippen LogP contribution in [0.15, 0.2) is 18.3 Å². The van der Waals surface area contributed by atoms with Crippen molar-refractivity contribution in [3.05, 3.63) is 24.0 Å². The number of hydrogen-bond acceptors (Lipinski definition) is 4. The van der Waals surface area contributed by atoms with Crippen LogP contribution in [0.3, 0.4) is 0 Å². The number of carbonyl (C=O) groups is 1. The number of carboxylic acids is 1. The van der Waals surface area contributed by atoms with Crippen molar-refractivity contribution < 1.29 is 9.90 Å².